The maximum atomic E-state index is 2.26. The average Bonchev–Trinajstić information content (AvgIpc) is 1.99. The Kier molecular flexibility index (Phi) is 2.56. The van der Waals surface area contributed by atoms with Gasteiger partial charge in [0.2, 0.25) is 0 Å². The summed E-state index contributed by atoms with van der Waals surface area (Å²) in [5.74, 6) is 1.39. The van der Waals surface area contributed by atoms with Gasteiger partial charge in [0.25, 0.3) is 0 Å². The molecule has 0 aromatic heterocycles. The first-order valence-electron chi connectivity index (χ1n) is 4.40. The Labute approximate surface area is 75.6 Å². The number of rotatable bonds is 1. The summed E-state index contributed by atoms with van der Waals surface area (Å²) in [7, 11) is 0. The van der Waals surface area contributed by atoms with E-state index in [1.54, 1.807) is 0 Å². The van der Waals surface area contributed by atoms with E-state index in [9.17, 15) is 0 Å². The highest BCUT2D eigenvalue weighted by atomic mass is 14.1. The molecular formula is C12H17. The summed E-state index contributed by atoms with van der Waals surface area (Å²) in [5.41, 5.74) is 5.58. The highest BCUT2D eigenvalue weighted by Gasteiger charge is 2.03. The van der Waals surface area contributed by atoms with Crippen molar-refractivity contribution in [2.75, 3.05) is 0 Å². The highest BCUT2D eigenvalue weighted by Crippen LogP contribution is 2.20. The fourth-order valence-electron chi connectivity index (χ4n) is 1.32. The first kappa shape index (κ1) is 9.31. The normalized spacial score (nSPS) is 10.8. The minimum atomic E-state index is 1.37. The molecule has 12 heavy (non-hydrogen) atoms. The molecular weight excluding hydrogens is 144 g/mol. The van der Waals surface area contributed by atoms with Gasteiger partial charge in [0.05, 0.1) is 0 Å². The molecule has 0 saturated heterocycles. The van der Waals surface area contributed by atoms with Crippen LogP contribution in [-0.4, -0.2) is 0 Å². The van der Waals surface area contributed by atoms with Gasteiger partial charge >= 0.3 is 0 Å². The summed E-state index contributed by atoms with van der Waals surface area (Å²) in [5, 5.41) is 0. The Morgan fingerprint density at radius 3 is 1.67 bits per heavy atom. The number of benzene rings is 1. The zero-order chi connectivity index (χ0) is 9.30. The van der Waals surface area contributed by atoms with E-state index in [1.807, 2.05) is 0 Å². The van der Waals surface area contributed by atoms with E-state index in [0.717, 1.165) is 0 Å². The van der Waals surface area contributed by atoms with Gasteiger partial charge in [-0.1, -0.05) is 26.0 Å². The molecule has 1 radical (unpaired) electrons. The first-order chi connectivity index (χ1) is 5.52. The Morgan fingerprint density at radius 2 is 1.33 bits per heavy atom. The lowest BCUT2D eigenvalue weighted by molar-refractivity contribution is 1.12. The van der Waals surface area contributed by atoms with Crippen LogP contribution >= 0.6 is 0 Å². The van der Waals surface area contributed by atoms with Crippen LogP contribution in [0.4, 0.5) is 0 Å². The second-order valence-corrected chi connectivity index (χ2v) is 3.74. The third-order valence-electron chi connectivity index (χ3n) is 2.50. The predicted molar refractivity (Wildman–Crippen MR) is 54.3 cm³/mol. The van der Waals surface area contributed by atoms with E-state index in [4.69, 9.17) is 0 Å². The van der Waals surface area contributed by atoms with E-state index >= 15 is 0 Å². The van der Waals surface area contributed by atoms with Crippen molar-refractivity contribution in [3.63, 3.8) is 0 Å². The average molecular weight is 161 g/mol. The summed E-state index contributed by atoms with van der Waals surface area (Å²) in [6.07, 6.45) is 0. The van der Waals surface area contributed by atoms with Crippen LogP contribution in [0.2, 0.25) is 0 Å². The van der Waals surface area contributed by atoms with Gasteiger partial charge in [-0.3, -0.25) is 0 Å². The van der Waals surface area contributed by atoms with E-state index in [-0.39, 0.29) is 0 Å². The molecule has 65 valence electrons. The van der Waals surface area contributed by atoms with Gasteiger partial charge in [-0.2, -0.15) is 0 Å². The molecule has 0 amide bonds. The lowest BCUT2D eigenvalue weighted by Gasteiger charge is -2.10. The third kappa shape index (κ3) is 1.69. The van der Waals surface area contributed by atoms with Crippen molar-refractivity contribution in [2.45, 2.75) is 34.6 Å². The highest BCUT2D eigenvalue weighted by molar-refractivity contribution is 5.41. The number of hydrogen-bond acceptors (Lipinski definition) is 0. The monoisotopic (exact) mass is 161 g/mol. The van der Waals surface area contributed by atoms with E-state index in [2.05, 4.69) is 46.8 Å². The van der Waals surface area contributed by atoms with Crippen molar-refractivity contribution in [1.82, 2.24) is 0 Å². The van der Waals surface area contributed by atoms with Crippen LogP contribution in [0, 0.1) is 26.7 Å². The molecule has 0 spiro atoms. The van der Waals surface area contributed by atoms with Crippen LogP contribution in [0.5, 0.6) is 0 Å². The SMILES string of the molecule is C[C](C)c1cc(C)c(C)c(C)c1. The molecule has 0 heteroatoms. The molecule has 1 rings (SSSR count). The third-order valence-corrected chi connectivity index (χ3v) is 2.50. The van der Waals surface area contributed by atoms with Crippen molar-refractivity contribution in [3.8, 4) is 0 Å². The zero-order valence-electron chi connectivity index (χ0n) is 8.65. The summed E-state index contributed by atoms with van der Waals surface area (Å²) in [4.78, 5) is 0. The van der Waals surface area contributed by atoms with Gasteiger partial charge in [-0.15, -0.1) is 0 Å². The second kappa shape index (κ2) is 3.30. The molecule has 0 atom stereocenters. The lowest BCUT2D eigenvalue weighted by atomic mass is 9.95. The van der Waals surface area contributed by atoms with Crippen LogP contribution in [0.15, 0.2) is 12.1 Å². The summed E-state index contributed by atoms with van der Waals surface area (Å²) in [6.45, 7) is 10.8. The molecule has 0 unspecified atom stereocenters. The molecule has 0 aliphatic rings. The molecule has 0 fully saturated rings. The quantitative estimate of drug-likeness (QED) is 0.590. The topological polar surface area (TPSA) is 0 Å². The Morgan fingerprint density at radius 1 is 0.917 bits per heavy atom. The molecule has 0 N–H and O–H groups in total. The molecule has 1 aromatic carbocycles. The van der Waals surface area contributed by atoms with Gasteiger partial charge in [-0.25, -0.2) is 0 Å². The van der Waals surface area contributed by atoms with Gasteiger partial charge in [0.15, 0.2) is 0 Å². The van der Waals surface area contributed by atoms with E-state index < -0.39 is 0 Å². The molecule has 0 nitrogen and oxygen atoms in total. The number of hydrogen-bond donors (Lipinski definition) is 0. The van der Waals surface area contributed by atoms with Crippen LogP contribution in [-0.2, 0) is 0 Å². The smallest absolute Gasteiger partial charge is 0.00118 e. The summed E-state index contributed by atoms with van der Waals surface area (Å²) >= 11 is 0. The van der Waals surface area contributed by atoms with Gasteiger partial charge in [0.1, 0.15) is 0 Å². The summed E-state index contributed by atoms with van der Waals surface area (Å²) in [6, 6.07) is 4.52. The van der Waals surface area contributed by atoms with Crippen molar-refractivity contribution in [1.29, 1.82) is 0 Å². The Bertz CT molecular complexity index is 259. The maximum absolute atomic E-state index is 2.26. The van der Waals surface area contributed by atoms with Crippen molar-refractivity contribution in [2.24, 2.45) is 0 Å². The maximum Gasteiger partial charge on any atom is -0.00118 e. The minimum absolute atomic E-state index is 1.37. The van der Waals surface area contributed by atoms with E-state index in [1.165, 1.54) is 28.2 Å². The Balaban J connectivity index is 3.21. The van der Waals surface area contributed by atoms with Gasteiger partial charge < -0.3 is 0 Å². The molecule has 0 bridgehead atoms. The van der Waals surface area contributed by atoms with Crippen LogP contribution in [0.1, 0.15) is 36.1 Å². The minimum Gasteiger partial charge on any atom is -0.0552 e. The van der Waals surface area contributed by atoms with Gasteiger partial charge in [-0.05, 0) is 48.9 Å². The van der Waals surface area contributed by atoms with Crippen molar-refractivity contribution in [3.05, 3.63) is 40.3 Å². The molecule has 0 heterocycles. The molecule has 0 aliphatic carbocycles. The van der Waals surface area contributed by atoms with Gasteiger partial charge in [0, 0.05) is 0 Å². The van der Waals surface area contributed by atoms with Crippen LogP contribution in [0.25, 0.3) is 0 Å². The zero-order valence-corrected chi connectivity index (χ0v) is 8.65. The van der Waals surface area contributed by atoms with Crippen molar-refractivity contribution < 1.29 is 0 Å². The predicted octanol–water partition coefficient (Wildman–Crippen LogP) is 3.57. The Hall–Kier alpha value is -0.780. The fraction of sp³-hybridized carbons (Fsp3) is 0.417. The standard InChI is InChI=1S/C12H17/c1-8(2)12-6-9(3)11(5)10(4)7-12/h6-7H,1-5H3. The fourth-order valence-corrected chi connectivity index (χ4v) is 1.32. The molecule has 1 aromatic rings. The van der Waals surface area contributed by atoms with Crippen LogP contribution in [0.3, 0.4) is 0 Å². The summed E-state index contributed by atoms with van der Waals surface area (Å²) < 4.78 is 0. The molecule has 0 aliphatic heterocycles. The molecule has 0 saturated carbocycles. The number of aryl methyl sites for hydroxylation is 2. The van der Waals surface area contributed by atoms with Crippen molar-refractivity contribution >= 4 is 0 Å². The van der Waals surface area contributed by atoms with Crippen LogP contribution < -0.4 is 0 Å². The second-order valence-electron chi connectivity index (χ2n) is 3.74. The largest absolute Gasteiger partial charge is 0.0552 e. The first-order valence-corrected chi connectivity index (χ1v) is 4.40. The lowest BCUT2D eigenvalue weighted by Crippen LogP contribution is -1.94. The van der Waals surface area contributed by atoms with E-state index in [0.29, 0.717) is 0 Å².